The fourth-order valence-electron chi connectivity index (χ4n) is 3.53. The summed E-state index contributed by atoms with van der Waals surface area (Å²) < 4.78 is 33.5. The molecule has 3 aromatic rings. The van der Waals surface area contributed by atoms with Crippen LogP contribution in [0, 0.1) is 18.2 Å². The number of halogens is 2. The third-order valence-corrected chi connectivity index (χ3v) is 5.13. The average molecular weight is 482 g/mol. The molecule has 10 nitrogen and oxygen atoms in total. The monoisotopic (exact) mass is 482 g/mol. The first kappa shape index (κ1) is 23.8. The second-order valence-corrected chi connectivity index (χ2v) is 7.66. The van der Waals surface area contributed by atoms with Gasteiger partial charge in [0.15, 0.2) is 11.6 Å². The molecule has 0 spiro atoms. The van der Waals surface area contributed by atoms with E-state index in [0.29, 0.717) is 16.8 Å². The highest BCUT2D eigenvalue weighted by molar-refractivity contribution is 5.96. The number of aliphatic imine (C=N–C) groups is 1. The molecular weight excluding hydrogens is 458 g/mol. The first-order chi connectivity index (χ1) is 16.9. The normalized spacial score (nSPS) is 15.8. The third-order valence-electron chi connectivity index (χ3n) is 5.13. The van der Waals surface area contributed by atoms with Gasteiger partial charge in [-0.15, -0.1) is 0 Å². The second kappa shape index (κ2) is 10.3. The molecule has 2 aromatic carbocycles. The molecule has 0 saturated carbocycles. The smallest absolute Gasteiger partial charge is 0.248 e. The Hall–Kier alpha value is -4.32. The summed E-state index contributed by atoms with van der Waals surface area (Å²) in [5, 5.41) is 22.5. The number of alkyl halides is 1. The Morgan fingerprint density at radius 2 is 2.00 bits per heavy atom. The molecule has 2 atom stereocenters. The molecule has 1 aromatic heterocycles. The number of aryl methyl sites for hydroxylation is 1. The fraction of sp³-hybridized carbons (Fsp3) is 0.217. The number of amidine groups is 2. The minimum Gasteiger partial charge on any atom is -0.488 e. The zero-order valence-electron chi connectivity index (χ0n) is 18.7. The van der Waals surface area contributed by atoms with E-state index in [1.807, 2.05) is 0 Å². The van der Waals surface area contributed by atoms with Gasteiger partial charge in [0, 0.05) is 29.2 Å². The van der Waals surface area contributed by atoms with Crippen LogP contribution in [0.3, 0.4) is 0 Å². The van der Waals surface area contributed by atoms with Crippen LogP contribution >= 0.6 is 0 Å². The average Bonchev–Trinajstić information content (AvgIpc) is 3.25. The van der Waals surface area contributed by atoms with E-state index in [-0.39, 0.29) is 35.5 Å². The number of nitrogens with zero attached hydrogens (tertiary/aromatic N) is 4. The van der Waals surface area contributed by atoms with Crippen molar-refractivity contribution in [2.75, 3.05) is 23.6 Å². The number of aliphatic hydroxyl groups excluding tert-OH is 1. The van der Waals surface area contributed by atoms with Crippen LogP contribution in [0.5, 0.6) is 5.75 Å². The highest BCUT2D eigenvalue weighted by Crippen LogP contribution is 2.32. The van der Waals surface area contributed by atoms with Crippen molar-refractivity contribution in [3.63, 3.8) is 0 Å². The highest BCUT2D eigenvalue weighted by Gasteiger charge is 2.33. The molecule has 0 radical (unpaired) electrons. The predicted octanol–water partition coefficient (Wildman–Crippen LogP) is 2.41. The largest absolute Gasteiger partial charge is 0.488 e. The molecule has 35 heavy (non-hydrogen) atoms. The zero-order chi connectivity index (χ0) is 24.9. The SMILES string of the molecule is Cc1cc(OCCF)c(F)c(C(Nc2ccc(C(=N)N)cc2)C2=NC(O)N(c3ncccn3)N2)c1. The van der Waals surface area contributed by atoms with Crippen molar-refractivity contribution in [3.8, 4) is 5.75 Å². The molecule has 6 N–H and O–H groups in total. The molecule has 12 heteroatoms. The molecular formula is C23H24F2N8O2. The van der Waals surface area contributed by atoms with Crippen molar-refractivity contribution in [2.24, 2.45) is 10.7 Å². The van der Waals surface area contributed by atoms with Gasteiger partial charge < -0.3 is 20.9 Å². The number of nitrogens with one attached hydrogen (secondary N) is 3. The lowest BCUT2D eigenvalue weighted by molar-refractivity contribution is 0.181. The number of nitrogen functional groups attached to an aromatic ring is 1. The van der Waals surface area contributed by atoms with Crippen LogP contribution in [0.15, 0.2) is 59.9 Å². The molecule has 0 bridgehead atoms. The number of aliphatic hydroxyl groups is 1. The summed E-state index contributed by atoms with van der Waals surface area (Å²) >= 11 is 0. The van der Waals surface area contributed by atoms with Gasteiger partial charge in [-0.25, -0.2) is 28.8 Å². The summed E-state index contributed by atoms with van der Waals surface area (Å²) in [6.07, 6.45) is 1.65. The van der Waals surface area contributed by atoms with Gasteiger partial charge in [0.2, 0.25) is 12.3 Å². The number of benzene rings is 2. The molecule has 2 heterocycles. The summed E-state index contributed by atoms with van der Waals surface area (Å²) in [6, 6.07) is 10.5. The van der Waals surface area contributed by atoms with Crippen molar-refractivity contribution in [1.29, 1.82) is 5.41 Å². The Morgan fingerprint density at radius 3 is 2.66 bits per heavy atom. The van der Waals surface area contributed by atoms with E-state index in [9.17, 15) is 9.50 Å². The lowest BCUT2D eigenvalue weighted by atomic mass is 10.0. The Labute approximate surface area is 200 Å². The van der Waals surface area contributed by atoms with Crippen molar-refractivity contribution < 1.29 is 18.6 Å². The van der Waals surface area contributed by atoms with E-state index < -0.39 is 24.9 Å². The van der Waals surface area contributed by atoms with Gasteiger partial charge in [0.25, 0.3) is 0 Å². The van der Waals surface area contributed by atoms with Crippen LogP contribution in [-0.4, -0.2) is 46.4 Å². The van der Waals surface area contributed by atoms with Gasteiger partial charge in [-0.3, -0.25) is 10.8 Å². The second-order valence-electron chi connectivity index (χ2n) is 7.66. The summed E-state index contributed by atoms with van der Waals surface area (Å²) in [7, 11) is 0. The number of anilines is 2. The lowest BCUT2D eigenvalue weighted by Gasteiger charge is -2.25. The quantitative estimate of drug-likeness (QED) is 0.231. The van der Waals surface area contributed by atoms with Crippen LogP contribution in [-0.2, 0) is 0 Å². The number of hydrogen-bond donors (Lipinski definition) is 5. The number of ether oxygens (including phenoxy) is 1. The van der Waals surface area contributed by atoms with Gasteiger partial charge in [-0.2, -0.15) is 0 Å². The minimum atomic E-state index is -1.37. The van der Waals surface area contributed by atoms with E-state index in [2.05, 4.69) is 25.7 Å². The summed E-state index contributed by atoms with van der Waals surface area (Å²) in [5.74, 6) is -0.536. The topological polar surface area (TPSA) is 145 Å². The third kappa shape index (κ3) is 5.27. The van der Waals surface area contributed by atoms with E-state index in [1.165, 1.54) is 23.5 Å². The Bertz CT molecular complexity index is 1220. The van der Waals surface area contributed by atoms with Gasteiger partial charge in [-0.1, -0.05) is 6.07 Å². The number of aromatic nitrogens is 2. The Morgan fingerprint density at radius 1 is 1.29 bits per heavy atom. The minimum absolute atomic E-state index is 0.0871. The lowest BCUT2D eigenvalue weighted by Crippen LogP contribution is -2.44. The van der Waals surface area contributed by atoms with Crippen LogP contribution in [0.25, 0.3) is 0 Å². The predicted molar refractivity (Wildman–Crippen MR) is 128 cm³/mol. The van der Waals surface area contributed by atoms with E-state index in [4.69, 9.17) is 15.9 Å². The molecule has 1 aliphatic heterocycles. The van der Waals surface area contributed by atoms with Crippen LogP contribution in [0.1, 0.15) is 22.7 Å². The van der Waals surface area contributed by atoms with Crippen molar-refractivity contribution in [2.45, 2.75) is 19.3 Å². The molecule has 1 aliphatic rings. The summed E-state index contributed by atoms with van der Waals surface area (Å²) in [5.41, 5.74) is 10.4. The van der Waals surface area contributed by atoms with E-state index in [1.54, 1.807) is 43.3 Å². The maximum absolute atomic E-state index is 15.6. The Balaban J connectivity index is 1.73. The molecule has 0 fully saturated rings. The van der Waals surface area contributed by atoms with Crippen molar-refractivity contribution >= 4 is 23.3 Å². The summed E-state index contributed by atoms with van der Waals surface area (Å²) in [6.45, 7) is 0.702. The van der Waals surface area contributed by atoms with Gasteiger partial charge in [0.05, 0.1) is 0 Å². The van der Waals surface area contributed by atoms with Crippen LogP contribution in [0.2, 0.25) is 0 Å². The molecule has 4 rings (SSSR count). The maximum Gasteiger partial charge on any atom is 0.248 e. The van der Waals surface area contributed by atoms with Crippen molar-refractivity contribution in [1.82, 2.24) is 15.4 Å². The number of nitrogens with two attached hydrogens (primary N) is 1. The van der Waals surface area contributed by atoms with Crippen LogP contribution in [0.4, 0.5) is 20.4 Å². The zero-order valence-corrected chi connectivity index (χ0v) is 18.7. The number of rotatable bonds is 9. The number of hydrogen-bond acceptors (Lipinski definition) is 9. The fourth-order valence-corrected chi connectivity index (χ4v) is 3.53. The highest BCUT2D eigenvalue weighted by atomic mass is 19.1. The standard InChI is InChI=1S/C23H24F2N8O2/c1-13-11-16(18(25)17(12-13)35-10-7-24)19(30-15-5-3-14(4-6-15)20(26)27)21-31-23(34)33(32-21)22-28-8-2-9-29-22/h2-6,8-9,11-12,19,23,30,34H,7,10H2,1H3,(H3,26,27)(H,31,32). The summed E-state index contributed by atoms with van der Waals surface area (Å²) in [4.78, 5) is 12.5. The Kier molecular flexibility index (Phi) is 7.01. The van der Waals surface area contributed by atoms with Gasteiger partial charge in [-0.05, 0) is 48.9 Å². The maximum atomic E-state index is 15.6. The van der Waals surface area contributed by atoms with E-state index >= 15 is 4.39 Å². The molecule has 182 valence electrons. The molecule has 0 aliphatic carbocycles. The first-order valence-corrected chi connectivity index (χ1v) is 10.7. The van der Waals surface area contributed by atoms with Crippen LogP contribution < -0.4 is 26.2 Å². The van der Waals surface area contributed by atoms with Gasteiger partial charge in [0.1, 0.15) is 31.0 Å². The van der Waals surface area contributed by atoms with Crippen molar-refractivity contribution in [3.05, 3.63) is 77.4 Å². The molecule has 0 amide bonds. The first-order valence-electron chi connectivity index (χ1n) is 10.7. The molecule has 0 saturated heterocycles. The van der Waals surface area contributed by atoms with E-state index in [0.717, 1.165) is 0 Å². The molecule has 2 unspecified atom stereocenters. The van der Waals surface area contributed by atoms with Gasteiger partial charge >= 0.3 is 0 Å². The number of hydrazine groups is 1.